The van der Waals surface area contributed by atoms with Crippen LogP contribution in [0.1, 0.15) is 11.6 Å². The van der Waals surface area contributed by atoms with E-state index in [1.807, 2.05) is 0 Å². The number of anilines is 1. The minimum Gasteiger partial charge on any atom is -0.398 e. The zero-order valence-corrected chi connectivity index (χ0v) is 8.51. The van der Waals surface area contributed by atoms with E-state index >= 15 is 0 Å². The summed E-state index contributed by atoms with van der Waals surface area (Å²) in [6.45, 7) is 0.280. The molecular formula is C8H11BrFN3. The summed E-state index contributed by atoms with van der Waals surface area (Å²) < 4.78 is 13.3. The van der Waals surface area contributed by atoms with Gasteiger partial charge in [0.1, 0.15) is 5.82 Å². The lowest BCUT2D eigenvalue weighted by molar-refractivity contribution is 0.619. The molecule has 0 radical (unpaired) electrons. The van der Waals surface area contributed by atoms with Gasteiger partial charge in [-0.25, -0.2) is 4.39 Å². The number of nitrogen functional groups attached to an aromatic ring is 1. The second-order valence-electron chi connectivity index (χ2n) is 2.74. The van der Waals surface area contributed by atoms with Crippen LogP contribution in [-0.2, 0) is 0 Å². The molecule has 0 aliphatic carbocycles. The summed E-state index contributed by atoms with van der Waals surface area (Å²) in [5, 5.41) is 0. The smallest absolute Gasteiger partial charge is 0.139 e. The fourth-order valence-electron chi connectivity index (χ4n) is 1.03. The van der Waals surface area contributed by atoms with Crippen molar-refractivity contribution >= 4 is 21.6 Å². The third-order valence-corrected chi connectivity index (χ3v) is 2.39. The van der Waals surface area contributed by atoms with E-state index in [1.54, 1.807) is 6.07 Å². The molecule has 0 fully saturated rings. The standard InChI is InChI=1S/C8H11BrFN3/c9-5-1-4(8(13)3-11)7(12)2-6(5)10/h1-2,8H,3,11-13H2/t8-/m1/s1. The summed E-state index contributed by atoms with van der Waals surface area (Å²) in [6.07, 6.45) is 0. The lowest BCUT2D eigenvalue weighted by Crippen LogP contribution is -2.22. The Balaban J connectivity index is 3.15. The molecule has 0 bridgehead atoms. The normalized spacial score (nSPS) is 12.9. The van der Waals surface area contributed by atoms with Crippen molar-refractivity contribution in [2.45, 2.75) is 6.04 Å². The van der Waals surface area contributed by atoms with Crippen molar-refractivity contribution < 1.29 is 4.39 Å². The highest BCUT2D eigenvalue weighted by molar-refractivity contribution is 9.10. The van der Waals surface area contributed by atoms with Gasteiger partial charge in [-0.15, -0.1) is 0 Å². The maximum absolute atomic E-state index is 12.9. The number of halogens is 2. The number of benzene rings is 1. The van der Waals surface area contributed by atoms with Crippen molar-refractivity contribution in [2.24, 2.45) is 11.5 Å². The van der Waals surface area contributed by atoms with Crippen LogP contribution in [0.2, 0.25) is 0 Å². The van der Waals surface area contributed by atoms with Gasteiger partial charge >= 0.3 is 0 Å². The molecule has 0 aromatic heterocycles. The molecule has 1 atom stereocenters. The Morgan fingerprint density at radius 2 is 2.08 bits per heavy atom. The van der Waals surface area contributed by atoms with Crippen LogP contribution in [0.4, 0.5) is 10.1 Å². The summed E-state index contributed by atoms with van der Waals surface area (Å²) in [5.74, 6) is -0.398. The SMILES string of the molecule is NC[C@@H](N)c1cc(Br)c(F)cc1N. The van der Waals surface area contributed by atoms with Crippen LogP contribution < -0.4 is 17.2 Å². The van der Waals surface area contributed by atoms with Crippen molar-refractivity contribution in [1.29, 1.82) is 0 Å². The first-order valence-corrected chi connectivity index (χ1v) is 4.55. The lowest BCUT2D eigenvalue weighted by atomic mass is 10.1. The Kier molecular flexibility index (Phi) is 3.24. The number of hydrogen-bond acceptors (Lipinski definition) is 3. The summed E-state index contributed by atoms with van der Waals surface area (Å²) in [5.41, 5.74) is 17.6. The van der Waals surface area contributed by atoms with E-state index in [4.69, 9.17) is 17.2 Å². The van der Waals surface area contributed by atoms with Crippen molar-refractivity contribution in [3.05, 3.63) is 28.0 Å². The lowest BCUT2D eigenvalue weighted by Gasteiger charge is -2.12. The predicted molar refractivity (Wildman–Crippen MR) is 54.5 cm³/mol. The van der Waals surface area contributed by atoms with Crippen LogP contribution in [0.25, 0.3) is 0 Å². The Labute approximate surface area is 84.2 Å². The Hall–Kier alpha value is -0.650. The van der Waals surface area contributed by atoms with E-state index in [-0.39, 0.29) is 12.6 Å². The van der Waals surface area contributed by atoms with Gasteiger partial charge in [-0.05, 0) is 33.6 Å². The van der Waals surface area contributed by atoms with Crippen molar-refractivity contribution in [1.82, 2.24) is 0 Å². The molecule has 1 rings (SSSR count). The second-order valence-corrected chi connectivity index (χ2v) is 3.59. The quantitative estimate of drug-likeness (QED) is 0.686. The summed E-state index contributed by atoms with van der Waals surface area (Å²) in [7, 11) is 0. The molecule has 0 aliphatic heterocycles. The first-order valence-electron chi connectivity index (χ1n) is 3.76. The molecule has 72 valence electrons. The molecule has 0 amide bonds. The molecule has 5 heteroatoms. The zero-order chi connectivity index (χ0) is 10.0. The maximum atomic E-state index is 12.9. The molecule has 0 saturated heterocycles. The molecule has 1 aromatic rings. The van der Waals surface area contributed by atoms with Gasteiger partial charge in [-0.1, -0.05) is 0 Å². The largest absolute Gasteiger partial charge is 0.398 e. The zero-order valence-electron chi connectivity index (χ0n) is 6.93. The highest BCUT2D eigenvalue weighted by Gasteiger charge is 2.11. The second kappa shape index (κ2) is 4.04. The molecule has 0 aliphatic rings. The van der Waals surface area contributed by atoms with E-state index in [9.17, 15) is 4.39 Å². The van der Waals surface area contributed by atoms with Gasteiger partial charge in [0, 0.05) is 18.3 Å². The van der Waals surface area contributed by atoms with Crippen LogP contribution in [0, 0.1) is 5.82 Å². The van der Waals surface area contributed by atoms with Crippen molar-refractivity contribution in [3.63, 3.8) is 0 Å². The topological polar surface area (TPSA) is 78.1 Å². The van der Waals surface area contributed by atoms with E-state index in [0.717, 1.165) is 0 Å². The van der Waals surface area contributed by atoms with Gasteiger partial charge in [0.25, 0.3) is 0 Å². The summed E-state index contributed by atoms with van der Waals surface area (Å²) in [4.78, 5) is 0. The summed E-state index contributed by atoms with van der Waals surface area (Å²) >= 11 is 3.05. The molecule has 0 heterocycles. The fourth-order valence-corrected chi connectivity index (χ4v) is 1.39. The maximum Gasteiger partial charge on any atom is 0.139 e. The fraction of sp³-hybridized carbons (Fsp3) is 0.250. The summed E-state index contributed by atoms with van der Waals surface area (Å²) in [6, 6.07) is 2.44. The van der Waals surface area contributed by atoms with Crippen LogP contribution in [0.3, 0.4) is 0 Å². The molecule has 0 spiro atoms. The van der Waals surface area contributed by atoms with Crippen LogP contribution in [0.5, 0.6) is 0 Å². The molecule has 13 heavy (non-hydrogen) atoms. The molecular weight excluding hydrogens is 237 g/mol. The van der Waals surface area contributed by atoms with Gasteiger partial charge in [-0.3, -0.25) is 0 Å². The Morgan fingerprint density at radius 1 is 1.46 bits per heavy atom. The van der Waals surface area contributed by atoms with Gasteiger partial charge in [-0.2, -0.15) is 0 Å². The third-order valence-electron chi connectivity index (χ3n) is 1.78. The first-order chi connectivity index (χ1) is 6.06. The third kappa shape index (κ3) is 2.18. The highest BCUT2D eigenvalue weighted by Crippen LogP contribution is 2.25. The van der Waals surface area contributed by atoms with Gasteiger partial charge in [0.05, 0.1) is 4.47 Å². The Morgan fingerprint density at radius 3 is 2.62 bits per heavy atom. The monoisotopic (exact) mass is 247 g/mol. The minimum absolute atomic E-state index is 0.280. The van der Waals surface area contributed by atoms with Crippen LogP contribution in [-0.4, -0.2) is 6.54 Å². The molecule has 1 aromatic carbocycles. The Bertz CT molecular complexity index is 317. The molecule has 0 saturated carbocycles. The van der Waals surface area contributed by atoms with Crippen LogP contribution >= 0.6 is 15.9 Å². The van der Waals surface area contributed by atoms with E-state index in [2.05, 4.69) is 15.9 Å². The predicted octanol–water partition coefficient (Wildman–Crippen LogP) is 1.13. The molecule has 0 unspecified atom stereocenters. The highest BCUT2D eigenvalue weighted by atomic mass is 79.9. The molecule has 6 N–H and O–H groups in total. The van der Waals surface area contributed by atoms with Crippen molar-refractivity contribution in [2.75, 3.05) is 12.3 Å². The number of rotatable bonds is 2. The van der Waals surface area contributed by atoms with Gasteiger partial charge < -0.3 is 17.2 Å². The minimum atomic E-state index is -0.398. The van der Waals surface area contributed by atoms with E-state index in [1.165, 1.54) is 6.07 Å². The average molecular weight is 248 g/mol. The van der Waals surface area contributed by atoms with Crippen LogP contribution in [0.15, 0.2) is 16.6 Å². The van der Waals surface area contributed by atoms with E-state index < -0.39 is 5.82 Å². The molecule has 3 nitrogen and oxygen atoms in total. The first kappa shape index (κ1) is 10.4. The average Bonchev–Trinajstić information content (AvgIpc) is 2.10. The van der Waals surface area contributed by atoms with E-state index in [0.29, 0.717) is 15.7 Å². The van der Waals surface area contributed by atoms with Gasteiger partial charge in [0.2, 0.25) is 0 Å². The van der Waals surface area contributed by atoms with Crippen molar-refractivity contribution in [3.8, 4) is 0 Å². The number of hydrogen-bond donors (Lipinski definition) is 3. The van der Waals surface area contributed by atoms with Gasteiger partial charge in [0.15, 0.2) is 0 Å². The number of nitrogens with two attached hydrogens (primary N) is 3.